The zero-order chi connectivity index (χ0) is 16.1. The first-order valence-corrected chi connectivity index (χ1v) is 6.50. The molecule has 2 aromatic rings. The van der Waals surface area contributed by atoms with Crippen molar-refractivity contribution in [2.45, 2.75) is 26.5 Å². The van der Waals surface area contributed by atoms with Crippen LogP contribution in [0.3, 0.4) is 0 Å². The van der Waals surface area contributed by atoms with Crippen LogP contribution in [0.4, 0.5) is 5.69 Å². The van der Waals surface area contributed by atoms with Crippen LogP contribution in [0.2, 0.25) is 0 Å². The summed E-state index contributed by atoms with van der Waals surface area (Å²) in [5.41, 5.74) is 0.334. The molecule has 0 radical (unpaired) electrons. The number of hydrogen-bond acceptors (Lipinski definition) is 6. The molecule has 9 nitrogen and oxygen atoms in total. The van der Waals surface area contributed by atoms with Gasteiger partial charge in [-0.2, -0.15) is 0 Å². The monoisotopic (exact) mass is 305 g/mol. The zero-order valence-electron chi connectivity index (χ0n) is 12.1. The summed E-state index contributed by atoms with van der Waals surface area (Å²) < 4.78 is 6.81. The lowest BCUT2D eigenvalue weighted by Gasteiger charge is -2.15. The standard InChI is InChI=1S/C13H15N5O4/c1-8(2)22-11-4-3-9(13(20)21)5-10(11)15-12(19)6-18-7-14-16-17-18/h3-5,7-8H,6H2,1-2H3,(H,15,19)(H,20,21). The number of amides is 1. The van der Waals surface area contributed by atoms with Crippen molar-refractivity contribution in [3.8, 4) is 5.75 Å². The molecule has 0 saturated heterocycles. The summed E-state index contributed by atoms with van der Waals surface area (Å²) in [5.74, 6) is -1.10. The van der Waals surface area contributed by atoms with E-state index in [9.17, 15) is 9.59 Å². The molecule has 0 bridgehead atoms. The van der Waals surface area contributed by atoms with Crippen LogP contribution in [-0.2, 0) is 11.3 Å². The fourth-order valence-corrected chi connectivity index (χ4v) is 1.71. The van der Waals surface area contributed by atoms with Gasteiger partial charge >= 0.3 is 5.97 Å². The van der Waals surface area contributed by atoms with Gasteiger partial charge in [0, 0.05) is 0 Å². The number of hydrogen-bond donors (Lipinski definition) is 2. The number of aromatic nitrogens is 4. The van der Waals surface area contributed by atoms with Crippen molar-refractivity contribution in [1.29, 1.82) is 0 Å². The average Bonchev–Trinajstić information content (AvgIpc) is 2.92. The molecule has 116 valence electrons. The maximum Gasteiger partial charge on any atom is 0.335 e. The lowest BCUT2D eigenvalue weighted by atomic mass is 10.2. The van der Waals surface area contributed by atoms with Crippen molar-refractivity contribution in [3.05, 3.63) is 30.1 Å². The van der Waals surface area contributed by atoms with Gasteiger partial charge in [0.25, 0.3) is 0 Å². The Bertz CT molecular complexity index is 669. The molecule has 1 heterocycles. The quantitative estimate of drug-likeness (QED) is 0.809. The molecule has 0 atom stereocenters. The highest BCUT2D eigenvalue weighted by molar-refractivity contribution is 5.95. The first kappa shape index (κ1) is 15.4. The molecule has 22 heavy (non-hydrogen) atoms. The van der Waals surface area contributed by atoms with Gasteiger partial charge in [-0.15, -0.1) is 5.10 Å². The third-order valence-corrected chi connectivity index (χ3v) is 2.56. The second kappa shape index (κ2) is 6.66. The zero-order valence-corrected chi connectivity index (χ0v) is 12.1. The summed E-state index contributed by atoms with van der Waals surface area (Å²) in [4.78, 5) is 23.0. The van der Waals surface area contributed by atoms with E-state index in [-0.39, 0.29) is 23.9 Å². The topological polar surface area (TPSA) is 119 Å². The maximum atomic E-state index is 12.0. The van der Waals surface area contributed by atoms with E-state index in [2.05, 4.69) is 20.8 Å². The maximum absolute atomic E-state index is 12.0. The molecular weight excluding hydrogens is 290 g/mol. The highest BCUT2D eigenvalue weighted by atomic mass is 16.5. The molecule has 1 aromatic heterocycles. The van der Waals surface area contributed by atoms with Crippen molar-refractivity contribution < 1.29 is 19.4 Å². The molecule has 0 fully saturated rings. The highest BCUT2D eigenvalue weighted by Crippen LogP contribution is 2.27. The summed E-state index contributed by atoms with van der Waals surface area (Å²) >= 11 is 0. The van der Waals surface area contributed by atoms with Gasteiger partial charge < -0.3 is 15.2 Å². The van der Waals surface area contributed by atoms with E-state index in [4.69, 9.17) is 9.84 Å². The van der Waals surface area contributed by atoms with Crippen molar-refractivity contribution in [2.24, 2.45) is 0 Å². The van der Waals surface area contributed by atoms with E-state index in [1.54, 1.807) is 0 Å². The van der Waals surface area contributed by atoms with E-state index >= 15 is 0 Å². The predicted molar refractivity (Wildman–Crippen MR) is 75.6 cm³/mol. The van der Waals surface area contributed by atoms with Crippen LogP contribution in [0.15, 0.2) is 24.5 Å². The molecule has 2 N–H and O–H groups in total. The normalized spacial score (nSPS) is 10.5. The molecular formula is C13H15N5O4. The van der Waals surface area contributed by atoms with Gasteiger partial charge in [0.2, 0.25) is 5.91 Å². The SMILES string of the molecule is CC(C)Oc1ccc(C(=O)O)cc1NC(=O)Cn1cnnn1. The van der Waals surface area contributed by atoms with Crippen molar-refractivity contribution >= 4 is 17.6 Å². The van der Waals surface area contributed by atoms with Crippen LogP contribution in [0.1, 0.15) is 24.2 Å². The molecule has 0 unspecified atom stereocenters. The van der Waals surface area contributed by atoms with Gasteiger partial charge in [0.05, 0.1) is 17.4 Å². The van der Waals surface area contributed by atoms with E-state index in [1.807, 2.05) is 13.8 Å². The van der Waals surface area contributed by atoms with Crippen LogP contribution in [0.25, 0.3) is 0 Å². The molecule has 0 aliphatic carbocycles. The minimum absolute atomic E-state index is 0.0498. The van der Waals surface area contributed by atoms with Crippen molar-refractivity contribution in [2.75, 3.05) is 5.32 Å². The van der Waals surface area contributed by atoms with Gasteiger partial charge in [0.1, 0.15) is 18.6 Å². The summed E-state index contributed by atoms with van der Waals surface area (Å²) in [6.07, 6.45) is 1.18. The van der Waals surface area contributed by atoms with E-state index in [0.717, 1.165) is 0 Å². The molecule has 0 spiro atoms. The minimum Gasteiger partial charge on any atom is -0.489 e. The van der Waals surface area contributed by atoms with Crippen LogP contribution in [0, 0.1) is 0 Å². The average molecular weight is 305 g/mol. The number of carbonyl (C=O) groups excluding carboxylic acids is 1. The van der Waals surface area contributed by atoms with Gasteiger partial charge in [-0.1, -0.05) is 0 Å². The first-order chi connectivity index (χ1) is 10.5. The minimum atomic E-state index is -1.09. The predicted octanol–water partition coefficient (Wildman–Crippen LogP) is 0.797. The molecule has 1 aromatic carbocycles. The largest absolute Gasteiger partial charge is 0.489 e. The third kappa shape index (κ3) is 4.01. The summed E-state index contributed by atoms with van der Waals surface area (Å²) in [7, 11) is 0. The molecule has 0 aliphatic rings. The third-order valence-electron chi connectivity index (χ3n) is 2.56. The van der Waals surface area contributed by atoms with Crippen molar-refractivity contribution in [1.82, 2.24) is 20.2 Å². The van der Waals surface area contributed by atoms with E-state index < -0.39 is 11.9 Å². The number of benzene rings is 1. The first-order valence-electron chi connectivity index (χ1n) is 6.50. The molecule has 1 amide bonds. The Morgan fingerprint density at radius 3 is 2.77 bits per heavy atom. The number of carboxylic acid groups (broad SMARTS) is 1. The van der Waals surface area contributed by atoms with Gasteiger partial charge in [0.15, 0.2) is 0 Å². The second-order valence-electron chi connectivity index (χ2n) is 4.74. The summed E-state index contributed by atoms with van der Waals surface area (Å²) in [6.45, 7) is 3.57. The number of carbonyl (C=O) groups is 2. The van der Waals surface area contributed by atoms with Crippen LogP contribution in [-0.4, -0.2) is 43.3 Å². The number of rotatable bonds is 6. The number of nitrogens with one attached hydrogen (secondary N) is 1. The fraction of sp³-hybridized carbons (Fsp3) is 0.308. The number of tetrazole rings is 1. The Kier molecular flexibility index (Phi) is 4.66. The number of aromatic carboxylic acids is 1. The molecule has 0 aliphatic heterocycles. The van der Waals surface area contributed by atoms with Crippen LogP contribution >= 0.6 is 0 Å². The lowest BCUT2D eigenvalue weighted by molar-refractivity contribution is -0.117. The fourth-order valence-electron chi connectivity index (χ4n) is 1.71. The Morgan fingerprint density at radius 1 is 1.41 bits per heavy atom. The lowest BCUT2D eigenvalue weighted by Crippen LogP contribution is -2.20. The Morgan fingerprint density at radius 2 is 2.18 bits per heavy atom. The van der Waals surface area contributed by atoms with E-state index in [1.165, 1.54) is 29.2 Å². The highest BCUT2D eigenvalue weighted by Gasteiger charge is 2.13. The Labute approximate surface area is 125 Å². The summed E-state index contributed by atoms with van der Waals surface area (Å²) in [5, 5.41) is 22.1. The number of nitrogens with zero attached hydrogens (tertiary/aromatic N) is 4. The molecule has 2 rings (SSSR count). The van der Waals surface area contributed by atoms with Crippen molar-refractivity contribution in [3.63, 3.8) is 0 Å². The molecule has 0 saturated carbocycles. The summed E-state index contributed by atoms with van der Waals surface area (Å²) in [6, 6.07) is 4.27. The van der Waals surface area contributed by atoms with Crippen LogP contribution in [0.5, 0.6) is 5.75 Å². The number of ether oxygens (including phenoxy) is 1. The Hall–Kier alpha value is -2.97. The van der Waals surface area contributed by atoms with Gasteiger partial charge in [-0.25, -0.2) is 9.48 Å². The second-order valence-corrected chi connectivity index (χ2v) is 4.74. The Balaban J connectivity index is 2.20. The molecule has 9 heteroatoms. The van der Waals surface area contributed by atoms with Gasteiger partial charge in [-0.05, 0) is 42.5 Å². The number of anilines is 1. The number of carboxylic acids is 1. The van der Waals surface area contributed by atoms with Gasteiger partial charge in [-0.3, -0.25) is 4.79 Å². The van der Waals surface area contributed by atoms with E-state index in [0.29, 0.717) is 5.75 Å². The smallest absolute Gasteiger partial charge is 0.335 e. The van der Waals surface area contributed by atoms with Crippen LogP contribution < -0.4 is 10.1 Å².